The predicted octanol–water partition coefficient (Wildman–Crippen LogP) is 2.36. The van der Waals surface area contributed by atoms with Gasteiger partial charge in [-0.1, -0.05) is 13.3 Å². The van der Waals surface area contributed by atoms with Gasteiger partial charge < -0.3 is 5.73 Å². The van der Waals surface area contributed by atoms with Crippen LogP contribution in [0.25, 0.3) is 0 Å². The summed E-state index contributed by atoms with van der Waals surface area (Å²) in [6.07, 6.45) is 1.41. The summed E-state index contributed by atoms with van der Waals surface area (Å²) in [4.78, 5) is 0. The number of nitrogen functional groups attached to an aromatic ring is 1. The number of benzene rings is 1. The van der Waals surface area contributed by atoms with Gasteiger partial charge in [-0.25, -0.2) is 12.8 Å². The van der Waals surface area contributed by atoms with E-state index in [9.17, 15) is 12.8 Å². The Balaban J connectivity index is 3.05. The molecule has 0 fully saturated rings. The lowest BCUT2D eigenvalue weighted by Gasteiger charge is -2.23. The number of hydrogen-bond acceptors (Lipinski definition) is 3. The van der Waals surface area contributed by atoms with Crippen molar-refractivity contribution in [2.75, 3.05) is 22.3 Å². The van der Waals surface area contributed by atoms with E-state index in [-0.39, 0.29) is 11.4 Å². The van der Waals surface area contributed by atoms with Gasteiger partial charge in [-0.05, 0) is 31.5 Å². The molecule has 18 heavy (non-hydrogen) atoms. The highest BCUT2D eigenvalue weighted by molar-refractivity contribution is 7.92. The van der Waals surface area contributed by atoms with Gasteiger partial charge in [0.05, 0.1) is 17.1 Å². The van der Waals surface area contributed by atoms with Crippen molar-refractivity contribution in [2.24, 2.45) is 0 Å². The van der Waals surface area contributed by atoms with Crippen LogP contribution in [0.2, 0.25) is 0 Å². The van der Waals surface area contributed by atoms with Crippen LogP contribution in [-0.2, 0) is 10.0 Å². The van der Waals surface area contributed by atoms with E-state index in [0.29, 0.717) is 18.7 Å². The third-order valence-corrected chi connectivity index (χ3v) is 4.59. The third kappa shape index (κ3) is 3.35. The molecule has 0 aromatic heterocycles. The summed E-state index contributed by atoms with van der Waals surface area (Å²) in [7, 11) is -3.36. The van der Waals surface area contributed by atoms with Gasteiger partial charge in [0, 0.05) is 6.54 Å². The van der Waals surface area contributed by atoms with Gasteiger partial charge in [-0.3, -0.25) is 4.31 Å². The zero-order valence-electron chi connectivity index (χ0n) is 10.7. The highest BCUT2D eigenvalue weighted by atomic mass is 32.2. The topological polar surface area (TPSA) is 63.4 Å². The minimum atomic E-state index is -3.36. The number of nitrogens with two attached hydrogens (primary N) is 1. The highest BCUT2D eigenvalue weighted by Crippen LogP contribution is 2.23. The van der Waals surface area contributed by atoms with E-state index in [0.717, 1.165) is 6.42 Å². The van der Waals surface area contributed by atoms with Crippen molar-refractivity contribution in [3.05, 3.63) is 24.0 Å². The van der Waals surface area contributed by atoms with Crippen molar-refractivity contribution in [3.63, 3.8) is 0 Å². The molecule has 1 rings (SSSR count). The van der Waals surface area contributed by atoms with Gasteiger partial charge >= 0.3 is 0 Å². The average Bonchev–Trinajstić information content (AvgIpc) is 2.32. The van der Waals surface area contributed by atoms with Crippen LogP contribution in [0, 0.1) is 5.82 Å². The Labute approximate surface area is 108 Å². The number of anilines is 2. The molecule has 1 aromatic rings. The molecule has 0 saturated heterocycles. The fraction of sp³-hybridized carbons (Fsp3) is 0.500. The van der Waals surface area contributed by atoms with Crippen molar-refractivity contribution in [1.29, 1.82) is 0 Å². The summed E-state index contributed by atoms with van der Waals surface area (Å²) >= 11 is 0. The fourth-order valence-electron chi connectivity index (χ4n) is 1.66. The molecule has 6 heteroatoms. The van der Waals surface area contributed by atoms with Crippen molar-refractivity contribution in [2.45, 2.75) is 26.7 Å². The zero-order chi connectivity index (χ0) is 13.8. The molecule has 0 aliphatic carbocycles. The van der Waals surface area contributed by atoms with Gasteiger partial charge in [0.25, 0.3) is 0 Å². The second kappa shape index (κ2) is 6.04. The summed E-state index contributed by atoms with van der Waals surface area (Å²) in [5.41, 5.74) is 5.83. The van der Waals surface area contributed by atoms with Crippen molar-refractivity contribution in [1.82, 2.24) is 0 Å². The van der Waals surface area contributed by atoms with Crippen molar-refractivity contribution < 1.29 is 12.8 Å². The first-order valence-electron chi connectivity index (χ1n) is 5.97. The maximum absolute atomic E-state index is 13.1. The molecular formula is C12H19FN2O2S. The normalized spacial score (nSPS) is 11.5. The summed E-state index contributed by atoms with van der Waals surface area (Å²) in [5, 5.41) is 0. The SMILES string of the molecule is CCCCS(=O)(=O)N(CC)c1ccc(F)c(N)c1. The molecule has 0 spiro atoms. The molecule has 0 heterocycles. The molecule has 0 radical (unpaired) electrons. The van der Waals surface area contributed by atoms with E-state index >= 15 is 0 Å². The average molecular weight is 274 g/mol. The molecular weight excluding hydrogens is 255 g/mol. The molecule has 0 saturated carbocycles. The first-order chi connectivity index (χ1) is 8.42. The number of halogens is 1. The molecule has 4 nitrogen and oxygen atoms in total. The standard InChI is InChI=1S/C12H19FN2O2S/c1-3-5-8-18(16,17)15(4-2)10-6-7-11(13)12(14)9-10/h6-7,9H,3-5,8,14H2,1-2H3. The Morgan fingerprint density at radius 3 is 2.50 bits per heavy atom. The zero-order valence-corrected chi connectivity index (χ0v) is 11.5. The second-order valence-electron chi connectivity index (χ2n) is 4.04. The Hall–Kier alpha value is -1.30. The van der Waals surface area contributed by atoms with Crippen LogP contribution < -0.4 is 10.0 Å². The van der Waals surface area contributed by atoms with Crippen LogP contribution in [0.3, 0.4) is 0 Å². The van der Waals surface area contributed by atoms with Crippen LogP contribution in [-0.4, -0.2) is 20.7 Å². The molecule has 2 N–H and O–H groups in total. The maximum Gasteiger partial charge on any atom is 0.235 e. The van der Waals surface area contributed by atoms with Crippen LogP contribution in [0.5, 0.6) is 0 Å². The van der Waals surface area contributed by atoms with Gasteiger partial charge in [0.2, 0.25) is 10.0 Å². The lowest BCUT2D eigenvalue weighted by Crippen LogP contribution is -2.32. The van der Waals surface area contributed by atoms with E-state index in [1.165, 1.54) is 22.5 Å². The molecule has 0 unspecified atom stereocenters. The van der Waals surface area contributed by atoms with Crippen molar-refractivity contribution in [3.8, 4) is 0 Å². The monoisotopic (exact) mass is 274 g/mol. The third-order valence-electron chi connectivity index (χ3n) is 2.65. The lowest BCUT2D eigenvalue weighted by molar-refractivity contribution is 0.588. The summed E-state index contributed by atoms with van der Waals surface area (Å²) in [6.45, 7) is 3.97. The summed E-state index contributed by atoms with van der Waals surface area (Å²) < 4.78 is 38.6. The number of rotatable bonds is 6. The largest absolute Gasteiger partial charge is 0.396 e. The second-order valence-corrected chi connectivity index (χ2v) is 6.05. The Morgan fingerprint density at radius 1 is 1.33 bits per heavy atom. The molecule has 0 atom stereocenters. The first kappa shape index (κ1) is 14.8. The molecule has 0 amide bonds. The maximum atomic E-state index is 13.1. The number of hydrogen-bond donors (Lipinski definition) is 1. The Bertz CT molecular complexity index is 503. The van der Waals surface area contributed by atoms with Gasteiger partial charge in [0.15, 0.2) is 0 Å². The van der Waals surface area contributed by atoms with E-state index in [1.54, 1.807) is 6.92 Å². The van der Waals surface area contributed by atoms with Crippen LogP contribution in [0.15, 0.2) is 18.2 Å². The number of nitrogens with zero attached hydrogens (tertiary/aromatic N) is 1. The van der Waals surface area contributed by atoms with E-state index < -0.39 is 15.8 Å². The van der Waals surface area contributed by atoms with Gasteiger partial charge in [0.1, 0.15) is 5.82 Å². The summed E-state index contributed by atoms with van der Waals surface area (Å²) in [6, 6.07) is 3.96. The van der Waals surface area contributed by atoms with Gasteiger partial charge in [-0.2, -0.15) is 0 Å². The Morgan fingerprint density at radius 2 is 2.00 bits per heavy atom. The van der Waals surface area contributed by atoms with Crippen molar-refractivity contribution >= 4 is 21.4 Å². The Kier molecular flexibility index (Phi) is 4.95. The number of unbranched alkanes of at least 4 members (excludes halogenated alkanes) is 1. The van der Waals surface area contributed by atoms with Crippen LogP contribution >= 0.6 is 0 Å². The highest BCUT2D eigenvalue weighted by Gasteiger charge is 2.20. The van der Waals surface area contributed by atoms with E-state index in [2.05, 4.69) is 0 Å². The minimum absolute atomic E-state index is 0.0448. The van der Waals surface area contributed by atoms with Crippen LogP contribution in [0.4, 0.5) is 15.8 Å². The molecule has 1 aromatic carbocycles. The number of sulfonamides is 1. The smallest absolute Gasteiger partial charge is 0.235 e. The quantitative estimate of drug-likeness (QED) is 0.810. The van der Waals surface area contributed by atoms with Gasteiger partial charge in [-0.15, -0.1) is 0 Å². The first-order valence-corrected chi connectivity index (χ1v) is 7.58. The van der Waals surface area contributed by atoms with Crippen LogP contribution in [0.1, 0.15) is 26.7 Å². The molecule has 102 valence electrons. The predicted molar refractivity (Wildman–Crippen MR) is 72.5 cm³/mol. The fourth-order valence-corrected chi connectivity index (χ4v) is 3.37. The minimum Gasteiger partial charge on any atom is -0.396 e. The molecule has 0 aliphatic rings. The molecule has 0 bridgehead atoms. The molecule has 0 aliphatic heterocycles. The lowest BCUT2D eigenvalue weighted by atomic mass is 10.2. The van der Waals surface area contributed by atoms with E-state index in [1.807, 2.05) is 6.92 Å². The van der Waals surface area contributed by atoms with E-state index in [4.69, 9.17) is 5.73 Å². The summed E-state index contributed by atoms with van der Waals surface area (Å²) in [5.74, 6) is -0.449.